The molecule has 0 aliphatic rings. The average molecular weight is 435 g/mol. The van der Waals surface area contributed by atoms with Gasteiger partial charge in [0.25, 0.3) is 11.8 Å². The molecule has 0 bridgehead atoms. The van der Waals surface area contributed by atoms with Crippen LogP contribution in [0.15, 0.2) is 60.7 Å². The molecule has 7 nitrogen and oxygen atoms in total. The quantitative estimate of drug-likeness (QED) is 0.387. The number of aryl methyl sites for hydroxylation is 1. The Morgan fingerprint density at radius 1 is 1.00 bits per heavy atom. The van der Waals surface area contributed by atoms with Crippen molar-refractivity contribution in [2.75, 3.05) is 13.1 Å². The Bertz CT molecular complexity index is 1230. The van der Waals surface area contributed by atoms with Gasteiger partial charge in [-0.05, 0) is 49.7 Å². The van der Waals surface area contributed by atoms with Gasteiger partial charge in [-0.3, -0.25) is 9.59 Å². The van der Waals surface area contributed by atoms with Crippen LogP contribution in [0.25, 0.3) is 15.9 Å². The van der Waals surface area contributed by atoms with E-state index in [9.17, 15) is 14.7 Å². The molecular weight excluding hydrogens is 412 g/mol. The summed E-state index contributed by atoms with van der Waals surface area (Å²) in [6.45, 7) is 2.80. The molecule has 0 saturated carbocycles. The molecule has 0 spiro atoms. The van der Waals surface area contributed by atoms with Crippen LogP contribution in [-0.2, 0) is 0 Å². The smallest absolute Gasteiger partial charge is 0.261 e. The van der Waals surface area contributed by atoms with E-state index in [2.05, 4.69) is 15.7 Å². The fraction of sp³-hybridized carbons (Fsp3) is 0.174. The van der Waals surface area contributed by atoms with Crippen molar-refractivity contribution in [1.82, 2.24) is 20.4 Å². The SMILES string of the molecule is Cc1nn(-c2ccccc2)c2sc(C(=O)NCCCNC(=O)c3cccc(O)c3)cc12. The van der Waals surface area contributed by atoms with Crippen molar-refractivity contribution in [2.45, 2.75) is 13.3 Å². The first kappa shape index (κ1) is 20.6. The number of benzene rings is 2. The van der Waals surface area contributed by atoms with Crippen LogP contribution in [-0.4, -0.2) is 39.8 Å². The highest BCUT2D eigenvalue weighted by molar-refractivity contribution is 7.20. The van der Waals surface area contributed by atoms with E-state index < -0.39 is 0 Å². The molecule has 4 rings (SSSR count). The van der Waals surface area contributed by atoms with Gasteiger partial charge in [-0.2, -0.15) is 5.10 Å². The van der Waals surface area contributed by atoms with Crippen LogP contribution in [0, 0.1) is 6.92 Å². The Labute approximate surface area is 183 Å². The zero-order valence-corrected chi connectivity index (χ0v) is 17.8. The van der Waals surface area contributed by atoms with Crippen LogP contribution in [0.1, 0.15) is 32.1 Å². The number of aromatic nitrogens is 2. The number of rotatable bonds is 7. The lowest BCUT2D eigenvalue weighted by Crippen LogP contribution is -2.29. The molecule has 0 aliphatic heterocycles. The topological polar surface area (TPSA) is 96.3 Å². The van der Waals surface area contributed by atoms with E-state index in [1.807, 2.05) is 48.0 Å². The summed E-state index contributed by atoms with van der Waals surface area (Å²) >= 11 is 1.41. The number of hydrogen-bond acceptors (Lipinski definition) is 5. The van der Waals surface area contributed by atoms with Gasteiger partial charge in [0.15, 0.2) is 0 Å². The maximum absolute atomic E-state index is 12.6. The summed E-state index contributed by atoms with van der Waals surface area (Å²) in [6, 6.07) is 17.9. The number of nitrogens with one attached hydrogen (secondary N) is 2. The summed E-state index contributed by atoms with van der Waals surface area (Å²) in [5, 5.41) is 20.7. The molecule has 8 heteroatoms. The Morgan fingerprint density at radius 2 is 1.74 bits per heavy atom. The van der Waals surface area contributed by atoms with E-state index in [0.717, 1.165) is 21.6 Å². The summed E-state index contributed by atoms with van der Waals surface area (Å²) in [4.78, 5) is 26.2. The molecule has 31 heavy (non-hydrogen) atoms. The lowest BCUT2D eigenvalue weighted by Gasteiger charge is -2.06. The lowest BCUT2D eigenvalue weighted by molar-refractivity contribution is 0.0952. The third kappa shape index (κ3) is 4.59. The van der Waals surface area contributed by atoms with Gasteiger partial charge in [0.2, 0.25) is 0 Å². The zero-order chi connectivity index (χ0) is 21.8. The fourth-order valence-corrected chi connectivity index (χ4v) is 4.33. The number of fused-ring (bicyclic) bond motifs is 1. The van der Waals surface area contributed by atoms with E-state index in [4.69, 9.17) is 0 Å². The Balaban J connectivity index is 1.32. The number of carbonyl (C=O) groups is 2. The van der Waals surface area contributed by atoms with Gasteiger partial charge in [-0.15, -0.1) is 11.3 Å². The van der Waals surface area contributed by atoms with Crippen molar-refractivity contribution in [1.29, 1.82) is 0 Å². The van der Waals surface area contributed by atoms with Crippen molar-refractivity contribution in [3.63, 3.8) is 0 Å². The molecular formula is C23H22N4O3S. The first-order chi connectivity index (χ1) is 15.0. The lowest BCUT2D eigenvalue weighted by atomic mass is 10.2. The molecule has 0 unspecified atom stereocenters. The van der Waals surface area contributed by atoms with Crippen LogP contribution < -0.4 is 10.6 Å². The maximum atomic E-state index is 12.6. The van der Waals surface area contributed by atoms with Gasteiger partial charge in [-0.1, -0.05) is 24.3 Å². The second-order valence-corrected chi connectivity index (χ2v) is 8.11. The van der Waals surface area contributed by atoms with Crippen LogP contribution in [0.2, 0.25) is 0 Å². The van der Waals surface area contributed by atoms with Crippen LogP contribution >= 0.6 is 11.3 Å². The molecule has 2 amide bonds. The highest BCUT2D eigenvalue weighted by Crippen LogP contribution is 2.30. The fourth-order valence-electron chi connectivity index (χ4n) is 3.23. The minimum atomic E-state index is -0.257. The van der Waals surface area contributed by atoms with Crippen LogP contribution in [0.3, 0.4) is 0 Å². The summed E-state index contributed by atoms with van der Waals surface area (Å²) in [5.41, 5.74) is 2.23. The summed E-state index contributed by atoms with van der Waals surface area (Å²) in [5.74, 6) is -0.346. The number of aromatic hydroxyl groups is 1. The zero-order valence-electron chi connectivity index (χ0n) is 17.0. The highest BCUT2D eigenvalue weighted by atomic mass is 32.1. The Kier molecular flexibility index (Phi) is 5.99. The monoisotopic (exact) mass is 434 g/mol. The number of phenolic OH excluding ortho intramolecular Hbond substituents is 1. The predicted octanol–water partition coefficient (Wildman–Crippen LogP) is 3.65. The molecule has 2 aromatic carbocycles. The molecule has 158 valence electrons. The van der Waals surface area contributed by atoms with Crippen molar-refractivity contribution in [3.05, 3.63) is 76.8 Å². The van der Waals surface area contributed by atoms with Crippen LogP contribution in [0.5, 0.6) is 5.75 Å². The second kappa shape index (κ2) is 9.01. The maximum Gasteiger partial charge on any atom is 0.261 e. The standard InChI is InChI=1S/C23H22N4O3S/c1-15-19-14-20(31-23(19)27(26-15)17-8-3-2-4-9-17)22(30)25-12-6-11-24-21(29)16-7-5-10-18(28)13-16/h2-5,7-10,13-14,28H,6,11-12H2,1H3,(H,24,29)(H,25,30). The summed E-state index contributed by atoms with van der Waals surface area (Å²) in [7, 11) is 0. The first-order valence-corrected chi connectivity index (χ1v) is 10.7. The normalized spacial score (nSPS) is 10.9. The molecule has 3 N–H and O–H groups in total. The second-order valence-electron chi connectivity index (χ2n) is 7.08. The van der Waals surface area contributed by atoms with Gasteiger partial charge in [0.05, 0.1) is 16.3 Å². The van der Waals surface area contributed by atoms with Gasteiger partial charge in [0.1, 0.15) is 10.6 Å². The Morgan fingerprint density at radius 3 is 2.48 bits per heavy atom. The first-order valence-electron chi connectivity index (χ1n) is 9.93. The molecule has 0 radical (unpaired) electrons. The number of phenols is 1. The third-order valence-corrected chi connectivity index (χ3v) is 5.91. The highest BCUT2D eigenvalue weighted by Gasteiger charge is 2.17. The van der Waals surface area contributed by atoms with Gasteiger partial charge in [0, 0.05) is 24.0 Å². The van der Waals surface area contributed by atoms with Crippen molar-refractivity contribution < 1.29 is 14.7 Å². The summed E-state index contributed by atoms with van der Waals surface area (Å²) < 4.78 is 1.86. The van der Waals surface area contributed by atoms with Crippen molar-refractivity contribution in [3.8, 4) is 11.4 Å². The molecule has 0 saturated heterocycles. The molecule has 0 fully saturated rings. The molecule has 2 heterocycles. The van der Waals surface area contributed by atoms with Crippen molar-refractivity contribution >= 4 is 33.4 Å². The van der Waals surface area contributed by atoms with E-state index in [1.54, 1.807) is 12.1 Å². The van der Waals surface area contributed by atoms with Gasteiger partial charge >= 0.3 is 0 Å². The molecule has 4 aromatic rings. The Hall–Kier alpha value is -3.65. The summed E-state index contributed by atoms with van der Waals surface area (Å²) in [6.07, 6.45) is 0.595. The number of thiophene rings is 1. The van der Waals surface area contributed by atoms with Gasteiger partial charge in [-0.25, -0.2) is 4.68 Å². The minimum Gasteiger partial charge on any atom is -0.508 e. The number of amides is 2. The molecule has 2 aromatic heterocycles. The minimum absolute atomic E-state index is 0.0499. The number of nitrogens with zero attached hydrogens (tertiary/aromatic N) is 2. The average Bonchev–Trinajstić information content (AvgIpc) is 3.34. The third-order valence-electron chi connectivity index (χ3n) is 4.80. The van der Waals surface area contributed by atoms with E-state index >= 15 is 0 Å². The number of hydrogen-bond donors (Lipinski definition) is 3. The number of carbonyl (C=O) groups excluding carboxylic acids is 2. The predicted molar refractivity (Wildman–Crippen MR) is 121 cm³/mol. The molecule has 0 aliphatic carbocycles. The largest absolute Gasteiger partial charge is 0.508 e. The van der Waals surface area contributed by atoms with E-state index in [1.165, 1.54) is 23.5 Å². The van der Waals surface area contributed by atoms with Crippen molar-refractivity contribution in [2.24, 2.45) is 0 Å². The van der Waals surface area contributed by atoms with Crippen LogP contribution in [0.4, 0.5) is 0 Å². The van der Waals surface area contributed by atoms with E-state index in [0.29, 0.717) is 30.0 Å². The van der Waals surface area contributed by atoms with Gasteiger partial charge < -0.3 is 15.7 Å². The molecule has 0 atom stereocenters. The van der Waals surface area contributed by atoms with E-state index in [-0.39, 0.29) is 17.6 Å². The number of para-hydroxylation sites is 1.